The summed E-state index contributed by atoms with van der Waals surface area (Å²) in [6, 6.07) is 19.3. The topological polar surface area (TPSA) is 57.7 Å². The number of halogens is 1. The lowest BCUT2D eigenvalue weighted by Crippen LogP contribution is -2.09. The van der Waals surface area contributed by atoms with Gasteiger partial charge in [-0.05, 0) is 90.9 Å². The third kappa shape index (κ3) is 4.65. The van der Waals surface area contributed by atoms with Crippen LogP contribution in [0.5, 0.6) is 11.5 Å². The maximum atomic E-state index is 15.3. The van der Waals surface area contributed by atoms with E-state index in [2.05, 4.69) is 31.0 Å². The zero-order chi connectivity index (χ0) is 27.1. The lowest BCUT2D eigenvalue weighted by Gasteiger charge is -2.19. The molecular weight excluding hydrogens is 493 g/mol. The van der Waals surface area contributed by atoms with Crippen molar-refractivity contribution in [1.29, 1.82) is 0 Å². The number of pyridine rings is 1. The first-order valence-electron chi connectivity index (χ1n) is 13.3. The van der Waals surface area contributed by atoms with Crippen molar-refractivity contribution < 1.29 is 23.4 Å². The molecule has 0 saturated heterocycles. The Bertz CT molecular complexity index is 1540. The summed E-state index contributed by atoms with van der Waals surface area (Å²) in [5.41, 5.74) is 9.06. The number of carbonyl (C=O) groups is 1. The van der Waals surface area contributed by atoms with Crippen LogP contribution in [0.15, 0.2) is 66.9 Å². The van der Waals surface area contributed by atoms with Crippen LogP contribution in [0.2, 0.25) is 0 Å². The summed E-state index contributed by atoms with van der Waals surface area (Å²) in [5.74, 6) is 0.786. The molecule has 0 fully saturated rings. The van der Waals surface area contributed by atoms with Gasteiger partial charge in [0.15, 0.2) is 0 Å². The number of benzene rings is 3. The molecule has 2 atom stereocenters. The Labute approximate surface area is 227 Å². The number of hydrogen-bond donors (Lipinski definition) is 0. The van der Waals surface area contributed by atoms with Gasteiger partial charge in [0, 0.05) is 34.9 Å². The van der Waals surface area contributed by atoms with Crippen LogP contribution in [0.4, 0.5) is 4.39 Å². The van der Waals surface area contributed by atoms with E-state index in [4.69, 9.17) is 14.2 Å². The van der Waals surface area contributed by atoms with Crippen molar-refractivity contribution in [2.45, 2.75) is 45.1 Å². The van der Waals surface area contributed by atoms with Crippen molar-refractivity contribution in [3.05, 3.63) is 100 Å². The summed E-state index contributed by atoms with van der Waals surface area (Å²) < 4.78 is 32.3. The van der Waals surface area contributed by atoms with E-state index in [-0.39, 0.29) is 24.1 Å². The molecule has 2 aliphatic rings. The Morgan fingerprint density at radius 3 is 2.64 bits per heavy atom. The van der Waals surface area contributed by atoms with E-state index >= 15 is 4.39 Å². The highest BCUT2D eigenvalue weighted by Crippen LogP contribution is 2.45. The van der Waals surface area contributed by atoms with Crippen LogP contribution in [0.1, 0.15) is 52.7 Å². The largest absolute Gasteiger partial charge is 0.492 e. The van der Waals surface area contributed by atoms with Gasteiger partial charge >= 0.3 is 5.97 Å². The van der Waals surface area contributed by atoms with Gasteiger partial charge < -0.3 is 14.2 Å². The molecule has 0 saturated carbocycles. The molecular formula is C33H30FNO4. The van der Waals surface area contributed by atoms with Crippen LogP contribution in [0.3, 0.4) is 0 Å². The number of carbonyl (C=O) groups excluding carboxylic acids is 1. The van der Waals surface area contributed by atoms with E-state index in [9.17, 15) is 4.79 Å². The summed E-state index contributed by atoms with van der Waals surface area (Å²) in [6.07, 6.45) is 3.11. The van der Waals surface area contributed by atoms with Crippen LogP contribution in [-0.2, 0) is 16.0 Å². The molecule has 1 aliphatic heterocycles. The predicted molar refractivity (Wildman–Crippen MR) is 148 cm³/mol. The average Bonchev–Trinajstić information content (AvgIpc) is 3.54. The monoisotopic (exact) mass is 523 g/mol. The highest BCUT2D eigenvalue weighted by Gasteiger charge is 2.32. The molecule has 0 radical (unpaired) electrons. The van der Waals surface area contributed by atoms with E-state index in [0.717, 1.165) is 51.1 Å². The zero-order valence-electron chi connectivity index (χ0n) is 22.3. The molecule has 198 valence electrons. The maximum Gasteiger partial charge on any atom is 0.306 e. The number of methoxy groups -OCH3 is 1. The molecule has 0 bridgehead atoms. The lowest BCUT2D eigenvalue weighted by atomic mass is 9.88. The van der Waals surface area contributed by atoms with Crippen LogP contribution in [0, 0.1) is 19.7 Å². The van der Waals surface area contributed by atoms with E-state index in [0.29, 0.717) is 30.1 Å². The van der Waals surface area contributed by atoms with Crippen molar-refractivity contribution in [2.75, 3.05) is 13.7 Å². The molecule has 0 spiro atoms. The second kappa shape index (κ2) is 10.2. The number of fused-ring (bicyclic) bond motifs is 2. The second-order valence-electron chi connectivity index (χ2n) is 10.3. The van der Waals surface area contributed by atoms with Gasteiger partial charge in [0.2, 0.25) is 0 Å². The third-order valence-electron chi connectivity index (χ3n) is 7.83. The fraction of sp³-hybridized carbons (Fsp3) is 0.273. The van der Waals surface area contributed by atoms with Gasteiger partial charge in [0.1, 0.15) is 23.4 Å². The van der Waals surface area contributed by atoms with Gasteiger partial charge in [-0.15, -0.1) is 0 Å². The standard InChI is InChI=1S/C33H30FNO4/c1-19-14-21(28-6-4-5-13-35-28)15-20(2)32(19)25-9-11-27(34)33-26(25)10-12-29(33)39-23-7-8-24-22(16-31(36)37-3)18-38-30(24)17-23/h4-9,11,13-15,17,22,29H,10,12,16,18H2,1-3H3/t22?,29-/m1/s1. The van der Waals surface area contributed by atoms with Crippen molar-refractivity contribution in [1.82, 2.24) is 4.98 Å². The molecule has 1 aliphatic carbocycles. The molecule has 0 amide bonds. The van der Waals surface area contributed by atoms with E-state index in [1.807, 2.05) is 42.5 Å². The zero-order valence-corrected chi connectivity index (χ0v) is 22.3. The summed E-state index contributed by atoms with van der Waals surface area (Å²) in [7, 11) is 1.39. The molecule has 1 unspecified atom stereocenters. The first-order chi connectivity index (χ1) is 18.9. The first kappa shape index (κ1) is 25.1. The number of rotatable bonds is 6. The Kier molecular flexibility index (Phi) is 6.55. The third-order valence-corrected chi connectivity index (χ3v) is 7.83. The molecule has 2 heterocycles. The summed E-state index contributed by atoms with van der Waals surface area (Å²) in [5, 5.41) is 0. The Balaban J connectivity index is 1.29. The summed E-state index contributed by atoms with van der Waals surface area (Å²) >= 11 is 0. The normalized spacial score (nSPS) is 17.3. The molecule has 1 aromatic heterocycles. The van der Waals surface area contributed by atoms with Gasteiger partial charge in [-0.1, -0.05) is 18.2 Å². The molecule has 6 rings (SSSR count). The smallest absolute Gasteiger partial charge is 0.306 e. The molecule has 39 heavy (non-hydrogen) atoms. The minimum absolute atomic E-state index is 0.0377. The van der Waals surface area contributed by atoms with Crippen molar-refractivity contribution >= 4 is 5.97 Å². The molecule has 3 aromatic carbocycles. The number of aromatic nitrogens is 1. The van der Waals surface area contributed by atoms with Crippen molar-refractivity contribution in [3.8, 4) is 33.9 Å². The number of aryl methyl sites for hydroxylation is 2. The summed E-state index contributed by atoms with van der Waals surface area (Å²) in [4.78, 5) is 16.2. The number of esters is 1. The highest BCUT2D eigenvalue weighted by molar-refractivity contribution is 5.79. The van der Waals surface area contributed by atoms with Crippen molar-refractivity contribution in [2.24, 2.45) is 0 Å². The Morgan fingerprint density at radius 1 is 1.08 bits per heavy atom. The van der Waals surface area contributed by atoms with Gasteiger partial charge in [0.25, 0.3) is 0 Å². The van der Waals surface area contributed by atoms with Gasteiger partial charge in [-0.2, -0.15) is 0 Å². The van der Waals surface area contributed by atoms with E-state index in [1.54, 1.807) is 12.3 Å². The maximum absolute atomic E-state index is 15.3. The van der Waals surface area contributed by atoms with Crippen LogP contribution in [-0.4, -0.2) is 24.7 Å². The predicted octanol–water partition coefficient (Wildman–Crippen LogP) is 7.28. The van der Waals surface area contributed by atoms with Crippen molar-refractivity contribution in [3.63, 3.8) is 0 Å². The quantitative estimate of drug-likeness (QED) is 0.249. The first-order valence-corrected chi connectivity index (χ1v) is 13.3. The Morgan fingerprint density at radius 2 is 1.90 bits per heavy atom. The number of ether oxygens (including phenoxy) is 3. The lowest BCUT2D eigenvalue weighted by molar-refractivity contribution is -0.141. The van der Waals surface area contributed by atoms with Crippen LogP contribution < -0.4 is 9.47 Å². The number of hydrogen-bond acceptors (Lipinski definition) is 5. The minimum Gasteiger partial charge on any atom is -0.492 e. The van der Waals surface area contributed by atoms with Gasteiger partial charge in [-0.3, -0.25) is 9.78 Å². The second-order valence-corrected chi connectivity index (χ2v) is 10.3. The molecule has 5 nitrogen and oxygen atoms in total. The van der Waals surface area contributed by atoms with E-state index < -0.39 is 6.10 Å². The fourth-order valence-corrected chi connectivity index (χ4v) is 6.04. The molecule has 4 aromatic rings. The molecule has 6 heteroatoms. The van der Waals surface area contributed by atoms with E-state index in [1.165, 1.54) is 7.11 Å². The van der Waals surface area contributed by atoms with Crippen LogP contribution in [0.25, 0.3) is 22.4 Å². The van der Waals surface area contributed by atoms with Crippen LogP contribution >= 0.6 is 0 Å². The number of nitrogens with zero attached hydrogens (tertiary/aromatic N) is 1. The average molecular weight is 524 g/mol. The Hall–Kier alpha value is -4.19. The molecule has 0 N–H and O–H groups in total. The minimum atomic E-state index is -0.390. The summed E-state index contributed by atoms with van der Waals surface area (Å²) in [6.45, 7) is 4.63. The fourth-order valence-electron chi connectivity index (χ4n) is 6.04. The highest BCUT2D eigenvalue weighted by atomic mass is 19.1. The SMILES string of the molecule is COC(=O)CC1COc2cc(O[C@@H]3CCc4c(-c5c(C)cc(-c6ccccn6)cc5C)ccc(F)c43)ccc21. The van der Waals surface area contributed by atoms with Gasteiger partial charge in [0.05, 0.1) is 25.8 Å². The van der Waals surface area contributed by atoms with Gasteiger partial charge in [-0.25, -0.2) is 4.39 Å².